The molecule has 0 amide bonds. The van der Waals surface area contributed by atoms with Gasteiger partial charge in [0, 0.05) is 0 Å². The van der Waals surface area contributed by atoms with E-state index in [4.69, 9.17) is 0 Å². The lowest BCUT2D eigenvalue weighted by molar-refractivity contribution is -0.112. The fourth-order valence-electron chi connectivity index (χ4n) is 1.24. The molecule has 0 saturated heterocycles. The molecule has 0 bridgehead atoms. The van der Waals surface area contributed by atoms with E-state index >= 15 is 0 Å². The third-order valence-corrected chi connectivity index (χ3v) is 2.22. The molecule has 12 heavy (non-hydrogen) atoms. The van der Waals surface area contributed by atoms with E-state index in [1.165, 1.54) is 0 Å². The maximum atomic E-state index is 11.0. The predicted octanol–water partition coefficient (Wildman–Crippen LogP) is 2.64. The van der Waals surface area contributed by atoms with Gasteiger partial charge in [0.2, 0.25) is 0 Å². The Morgan fingerprint density at radius 1 is 1.42 bits per heavy atom. The monoisotopic (exact) mass is 180 g/mol. The first-order valence-electron chi connectivity index (χ1n) is 4.03. The normalized spacial score (nSPS) is 12.5. The van der Waals surface area contributed by atoms with Gasteiger partial charge in [-0.15, -0.1) is 12.6 Å². The first kappa shape index (κ1) is 9.33. The van der Waals surface area contributed by atoms with E-state index in [2.05, 4.69) is 12.6 Å². The van der Waals surface area contributed by atoms with Gasteiger partial charge in [0.15, 0.2) is 5.12 Å². The molecule has 1 aromatic carbocycles. The predicted molar refractivity (Wildman–Crippen MR) is 53.5 cm³/mol. The fourth-order valence-corrected chi connectivity index (χ4v) is 1.57. The molecule has 1 atom stereocenters. The molecule has 0 saturated carbocycles. The van der Waals surface area contributed by atoms with E-state index in [1.807, 2.05) is 37.3 Å². The molecule has 0 aromatic heterocycles. The summed E-state index contributed by atoms with van der Waals surface area (Å²) >= 11 is 3.85. The Labute approximate surface area is 78.2 Å². The SMILES string of the molecule is CC[C@H](C(=O)S)c1ccccc1. The van der Waals surface area contributed by atoms with E-state index in [1.54, 1.807) is 0 Å². The van der Waals surface area contributed by atoms with Crippen molar-refractivity contribution in [1.29, 1.82) is 0 Å². The molecule has 0 spiro atoms. The van der Waals surface area contributed by atoms with Crippen molar-refractivity contribution >= 4 is 17.7 Å². The number of hydrogen-bond acceptors (Lipinski definition) is 1. The van der Waals surface area contributed by atoms with E-state index in [-0.39, 0.29) is 11.0 Å². The highest BCUT2D eigenvalue weighted by atomic mass is 32.1. The molecule has 0 unspecified atom stereocenters. The average molecular weight is 180 g/mol. The van der Waals surface area contributed by atoms with Crippen LogP contribution in [0.1, 0.15) is 24.8 Å². The molecule has 0 radical (unpaired) electrons. The summed E-state index contributed by atoms with van der Waals surface area (Å²) in [4.78, 5) is 11.0. The van der Waals surface area contributed by atoms with Gasteiger partial charge in [-0.1, -0.05) is 37.3 Å². The van der Waals surface area contributed by atoms with E-state index < -0.39 is 0 Å². The van der Waals surface area contributed by atoms with Gasteiger partial charge in [0.05, 0.1) is 5.92 Å². The smallest absolute Gasteiger partial charge is 0.193 e. The van der Waals surface area contributed by atoms with Gasteiger partial charge >= 0.3 is 0 Å². The van der Waals surface area contributed by atoms with Gasteiger partial charge in [-0.3, -0.25) is 4.79 Å². The van der Waals surface area contributed by atoms with Gasteiger partial charge in [-0.2, -0.15) is 0 Å². The Hall–Kier alpha value is -0.760. The summed E-state index contributed by atoms with van der Waals surface area (Å²) in [6, 6.07) is 9.74. The summed E-state index contributed by atoms with van der Waals surface area (Å²) in [6.07, 6.45) is 0.812. The van der Waals surface area contributed by atoms with Crippen LogP contribution in [-0.2, 0) is 4.79 Å². The Morgan fingerprint density at radius 2 is 2.00 bits per heavy atom. The van der Waals surface area contributed by atoms with Crippen LogP contribution in [0, 0.1) is 0 Å². The Morgan fingerprint density at radius 3 is 2.42 bits per heavy atom. The molecule has 0 aliphatic heterocycles. The molecule has 0 heterocycles. The summed E-state index contributed by atoms with van der Waals surface area (Å²) in [5, 5.41) is -0.0521. The molecule has 64 valence electrons. The number of rotatable bonds is 3. The highest BCUT2D eigenvalue weighted by Crippen LogP contribution is 2.21. The van der Waals surface area contributed by atoms with Crippen LogP contribution in [0.25, 0.3) is 0 Å². The lowest BCUT2D eigenvalue weighted by Crippen LogP contribution is -2.04. The maximum Gasteiger partial charge on any atom is 0.193 e. The summed E-state index contributed by atoms with van der Waals surface area (Å²) in [7, 11) is 0. The Balaban J connectivity index is 2.88. The minimum Gasteiger partial charge on any atom is -0.287 e. The van der Waals surface area contributed by atoms with Crippen LogP contribution in [0.5, 0.6) is 0 Å². The molecule has 0 N–H and O–H groups in total. The number of carbonyl (C=O) groups excluding carboxylic acids is 1. The molecule has 0 fully saturated rings. The number of carbonyl (C=O) groups is 1. The van der Waals surface area contributed by atoms with Gasteiger partial charge in [-0.05, 0) is 12.0 Å². The molecule has 0 aliphatic rings. The van der Waals surface area contributed by atoms with Crippen molar-refractivity contribution in [3.05, 3.63) is 35.9 Å². The summed E-state index contributed by atoms with van der Waals surface area (Å²) in [5.74, 6) is -0.0467. The molecule has 1 aromatic rings. The Bertz CT molecular complexity index is 256. The third kappa shape index (κ3) is 2.11. The minimum absolute atomic E-state index is 0.0467. The van der Waals surface area contributed by atoms with E-state index in [0.717, 1.165) is 12.0 Å². The van der Waals surface area contributed by atoms with Crippen molar-refractivity contribution < 1.29 is 4.79 Å². The van der Waals surface area contributed by atoms with Crippen LogP contribution in [0.4, 0.5) is 0 Å². The quantitative estimate of drug-likeness (QED) is 0.708. The molecule has 0 aliphatic carbocycles. The second-order valence-corrected chi connectivity index (χ2v) is 3.15. The molecule has 1 nitrogen and oxygen atoms in total. The van der Waals surface area contributed by atoms with Crippen molar-refractivity contribution in [3.63, 3.8) is 0 Å². The summed E-state index contributed by atoms with van der Waals surface area (Å²) in [5.41, 5.74) is 1.06. The van der Waals surface area contributed by atoms with Crippen molar-refractivity contribution in [3.8, 4) is 0 Å². The number of hydrogen-bond donors (Lipinski definition) is 1. The van der Waals surface area contributed by atoms with Crippen molar-refractivity contribution in [1.82, 2.24) is 0 Å². The molecular formula is C10H12OS. The second-order valence-electron chi connectivity index (χ2n) is 2.71. The van der Waals surface area contributed by atoms with Crippen LogP contribution in [-0.4, -0.2) is 5.12 Å². The van der Waals surface area contributed by atoms with Crippen molar-refractivity contribution in [2.75, 3.05) is 0 Å². The maximum absolute atomic E-state index is 11.0. The fraction of sp³-hybridized carbons (Fsp3) is 0.300. The number of thiol groups is 1. The first-order chi connectivity index (χ1) is 5.75. The van der Waals surface area contributed by atoms with Crippen LogP contribution >= 0.6 is 12.6 Å². The lowest BCUT2D eigenvalue weighted by atomic mass is 9.98. The average Bonchev–Trinajstić information content (AvgIpc) is 2.07. The van der Waals surface area contributed by atoms with Gasteiger partial charge in [-0.25, -0.2) is 0 Å². The topological polar surface area (TPSA) is 17.1 Å². The molecule has 2 heteroatoms. The van der Waals surface area contributed by atoms with Crippen LogP contribution in [0.2, 0.25) is 0 Å². The second kappa shape index (κ2) is 4.31. The van der Waals surface area contributed by atoms with Crippen LogP contribution in [0.3, 0.4) is 0 Å². The van der Waals surface area contributed by atoms with Crippen molar-refractivity contribution in [2.24, 2.45) is 0 Å². The zero-order chi connectivity index (χ0) is 8.97. The van der Waals surface area contributed by atoms with Gasteiger partial charge in [0.1, 0.15) is 0 Å². The summed E-state index contributed by atoms with van der Waals surface area (Å²) < 4.78 is 0. The van der Waals surface area contributed by atoms with Crippen molar-refractivity contribution in [2.45, 2.75) is 19.3 Å². The minimum atomic E-state index is -0.0521. The Kier molecular flexibility index (Phi) is 3.35. The third-order valence-electron chi connectivity index (χ3n) is 1.91. The van der Waals surface area contributed by atoms with E-state index in [9.17, 15) is 4.79 Å². The summed E-state index contributed by atoms with van der Waals surface area (Å²) in [6.45, 7) is 1.99. The zero-order valence-corrected chi connectivity index (χ0v) is 7.92. The number of benzene rings is 1. The first-order valence-corrected chi connectivity index (χ1v) is 4.48. The largest absolute Gasteiger partial charge is 0.287 e. The van der Waals surface area contributed by atoms with Crippen LogP contribution < -0.4 is 0 Å². The van der Waals surface area contributed by atoms with E-state index in [0.29, 0.717) is 0 Å². The molecule has 1 rings (SSSR count). The van der Waals surface area contributed by atoms with Gasteiger partial charge < -0.3 is 0 Å². The van der Waals surface area contributed by atoms with Crippen LogP contribution in [0.15, 0.2) is 30.3 Å². The zero-order valence-electron chi connectivity index (χ0n) is 7.03. The molecular weight excluding hydrogens is 168 g/mol. The standard InChI is InChI=1S/C10H12OS/c1-2-9(10(11)12)8-6-4-3-5-7-8/h3-7,9H,2H2,1H3,(H,11,12)/t9-/m0/s1. The highest BCUT2D eigenvalue weighted by Gasteiger charge is 2.13. The van der Waals surface area contributed by atoms with Gasteiger partial charge in [0.25, 0.3) is 0 Å². The highest BCUT2D eigenvalue weighted by molar-refractivity contribution is 7.96. The lowest BCUT2D eigenvalue weighted by Gasteiger charge is -2.09.